The number of thiazole rings is 1. The van der Waals surface area contributed by atoms with Gasteiger partial charge in [0, 0.05) is 25.1 Å². The molecule has 0 fully saturated rings. The molecule has 0 atom stereocenters. The number of carbonyl (C=O) groups excluding carboxylic acids is 1. The monoisotopic (exact) mass is 360 g/mol. The second-order valence-corrected chi connectivity index (χ2v) is 7.19. The van der Waals surface area contributed by atoms with Gasteiger partial charge in [-0.2, -0.15) is 0 Å². The van der Waals surface area contributed by atoms with Gasteiger partial charge in [-0.05, 0) is 19.1 Å². The first-order valence-corrected chi connectivity index (χ1v) is 9.13. The van der Waals surface area contributed by atoms with Gasteiger partial charge in [0.25, 0.3) is 5.56 Å². The molecule has 24 heavy (non-hydrogen) atoms. The largest absolute Gasteiger partial charge is 0.302 e. The Morgan fingerprint density at radius 1 is 1.38 bits per heavy atom. The second-order valence-electron chi connectivity index (χ2n) is 5.39. The van der Waals surface area contributed by atoms with Gasteiger partial charge in [0.15, 0.2) is 10.3 Å². The normalized spacial score (nSPS) is 11.0. The van der Waals surface area contributed by atoms with E-state index in [1.807, 2.05) is 30.5 Å². The lowest BCUT2D eigenvalue weighted by molar-refractivity contribution is -0.114. The molecule has 0 spiro atoms. The quantitative estimate of drug-likeness (QED) is 0.572. The van der Waals surface area contributed by atoms with Gasteiger partial charge in [0.2, 0.25) is 5.91 Å². The van der Waals surface area contributed by atoms with Crippen LogP contribution in [0.1, 0.15) is 18.2 Å². The average molecular weight is 360 g/mol. The molecule has 1 aromatic carbocycles. The number of nitrogens with zero attached hydrogens (tertiary/aromatic N) is 3. The molecule has 0 aliphatic rings. The van der Waals surface area contributed by atoms with Crippen LogP contribution >= 0.6 is 23.1 Å². The van der Waals surface area contributed by atoms with Crippen molar-refractivity contribution in [3.8, 4) is 0 Å². The topological polar surface area (TPSA) is 76.9 Å². The zero-order valence-corrected chi connectivity index (χ0v) is 15.1. The predicted octanol–water partition coefficient (Wildman–Crippen LogP) is 2.95. The minimum absolute atomic E-state index is 0.0524. The van der Waals surface area contributed by atoms with Crippen LogP contribution in [0.5, 0.6) is 0 Å². The molecule has 0 aliphatic heterocycles. The number of nitrogens with one attached hydrogen (secondary N) is 1. The summed E-state index contributed by atoms with van der Waals surface area (Å²) in [5.41, 5.74) is 2.52. The second kappa shape index (κ2) is 6.74. The van der Waals surface area contributed by atoms with Crippen LogP contribution in [0.4, 0.5) is 5.13 Å². The Morgan fingerprint density at radius 2 is 2.17 bits per heavy atom. The summed E-state index contributed by atoms with van der Waals surface area (Å²) in [6.45, 7) is 3.41. The maximum absolute atomic E-state index is 12.5. The lowest BCUT2D eigenvalue weighted by Gasteiger charge is -2.08. The zero-order chi connectivity index (χ0) is 17.3. The Morgan fingerprint density at radius 3 is 2.92 bits per heavy atom. The molecule has 0 bridgehead atoms. The van der Waals surface area contributed by atoms with Crippen molar-refractivity contribution in [1.82, 2.24) is 14.5 Å². The van der Waals surface area contributed by atoms with Crippen molar-refractivity contribution in [2.75, 3.05) is 5.32 Å². The van der Waals surface area contributed by atoms with Crippen molar-refractivity contribution in [2.24, 2.45) is 7.05 Å². The van der Waals surface area contributed by atoms with Crippen LogP contribution in [0.15, 0.2) is 33.5 Å². The number of aryl methyl sites for hydroxylation is 1. The van der Waals surface area contributed by atoms with Crippen LogP contribution < -0.4 is 10.9 Å². The number of thioether (sulfide) groups is 1. The molecule has 0 saturated heterocycles. The molecule has 3 rings (SSSR count). The van der Waals surface area contributed by atoms with E-state index in [-0.39, 0.29) is 11.5 Å². The Bertz CT molecular complexity index is 978. The van der Waals surface area contributed by atoms with Crippen molar-refractivity contribution < 1.29 is 4.79 Å². The summed E-state index contributed by atoms with van der Waals surface area (Å²) in [7, 11) is 1.73. The number of rotatable bonds is 4. The van der Waals surface area contributed by atoms with E-state index in [1.54, 1.807) is 11.6 Å². The zero-order valence-electron chi connectivity index (χ0n) is 13.5. The number of fused-ring (bicyclic) bond motifs is 1. The van der Waals surface area contributed by atoms with Crippen molar-refractivity contribution in [3.63, 3.8) is 0 Å². The molecule has 8 heteroatoms. The molecule has 2 heterocycles. The number of benzene rings is 1. The number of carbonyl (C=O) groups is 1. The Hall–Kier alpha value is -2.19. The van der Waals surface area contributed by atoms with Gasteiger partial charge in [-0.15, -0.1) is 11.3 Å². The summed E-state index contributed by atoms with van der Waals surface area (Å²) in [5.74, 6) is 0.436. The van der Waals surface area contributed by atoms with E-state index in [1.165, 1.54) is 30.0 Å². The van der Waals surface area contributed by atoms with E-state index < -0.39 is 0 Å². The average Bonchev–Trinajstić information content (AvgIpc) is 2.97. The van der Waals surface area contributed by atoms with Gasteiger partial charge in [0.1, 0.15) is 0 Å². The Kier molecular flexibility index (Phi) is 4.68. The third-order valence-corrected chi connectivity index (χ3v) is 5.24. The third-order valence-electron chi connectivity index (χ3n) is 3.37. The summed E-state index contributed by atoms with van der Waals surface area (Å²) in [6, 6.07) is 5.68. The lowest BCUT2D eigenvalue weighted by Crippen LogP contribution is -2.20. The highest BCUT2D eigenvalue weighted by atomic mass is 32.2. The van der Waals surface area contributed by atoms with Crippen LogP contribution in [-0.2, 0) is 17.6 Å². The minimum atomic E-state index is -0.141. The van der Waals surface area contributed by atoms with Crippen molar-refractivity contribution in [3.05, 3.63) is 45.2 Å². The Balaban J connectivity index is 1.84. The van der Waals surface area contributed by atoms with Crippen molar-refractivity contribution >= 4 is 45.0 Å². The number of amides is 1. The highest BCUT2D eigenvalue weighted by molar-refractivity contribution is 7.98. The summed E-state index contributed by atoms with van der Waals surface area (Å²) in [4.78, 5) is 32.4. The molecule has 0 aliphatic carbocycles. The van der Waals surface area contributed by atoms with Gasteiger partial charge < -0.3 is 5.32 Å². The van der Waals surface area contributed by atoms with Crippen LogP contribution in [0.25, 0.3) is 10.9 Å². The molecule has 1 amide bonds. The summed E-state index contributed by atoms with van der Waals surface area (Å²) >= 11 is 2.83. The first-order valence-electron chi connectivity index (χ1n) is 7.26. The fourth-order valence-electron chi connectivity index (χ4n) is 2.21. The minimum Gasteiger partial charge on any atom is -0.302 e. The molecule has 2 aromatic heterocycles. The molecule has 0 saturated carbocycles. The van der Waals surface area contributed by atoms with Crippen LogP contribution in [0, 0.1) is 6.92 Å². The molecule has 124 valence electrons. The van der Waals surface area contributed by atoms with Crippen LogP contribution in [0.3, 0.4) is 0 Å². The summed E-state index contributed by atoms with van der Waals surface area (Å²) < 4.78 is 1.56. The maximum Gasteiger partial charge on any atom is 0.261 e. The van der Waals surface area contributed by atoms with E-state index in [9.17, 15) is 9.59 Å². The molecule has 6 nitrogen and oxygen atoms in total. The van der Waals surface area contributed by atoms with E-state index in [2.05, 4.69) is 15.3 Å². The lowest BCUT2D eigenvalue weighted by atomic mass is 10.2. The van der Waals surface area contributed by atoms with Gasteiger partial charge in [0.05, 0.1) is 16.6 Å². The van der Waals surface area contributed by atoms with Gasteiger partial charge in [-0.1, -0.05) is 23.4 Å². The van der Waals surface area contributed by atoms with Crippen LogP contribution in [-0.4, -0.2) is 20.4 Å². The number of hydrogen-bond acceptors (Lipinski definition) is 6. The van der Waals surface area contributed by atoms with E-state index >= 15 is 0 Å². The molecular weight excluding hydrogens is 344 g/mol. The third kappa shape index (κ3) is 3.49. The van der Waals surface area contributed by atoms with E-state index in [4.69, 9.17) is 0 Å². The summed E-state index contributed by atoms with van der Waals surface area (Å²) in [5, 5.41) is 6.40. The maximum atomic E-state index is 12.5. The number of hydrogen-bond donors (Lipinski definition) is 1. The predicted molar refractivity (Wildman–Crippen MR) is 97.7 cm³/mol. The molecule has 3 aromatic rings. The molecule has 0 radical (unpaired) electrons. The Labute approximate surface area is 147 Å². The number of aromatic nitrogens is 3. The van der Waals surface area contributed by atoms with E-state index in [0.717, 1.165) is 11.3 Å². The first kappa shape index (κ1) is 16.7. The van der Waals surface area contributed by atoms with Crippen LogP contribution in [0.2, 0.25) is 0 Å². The summed E-state index contributed by atoms with van der Waals surface area (Å²) in [6.07, 6.45) is 0. The SMILES string of the molecule is CC(=O)Nc1nc(CSc2nc3ccc(C)cc3c(=O)n2C)cs1. The highest BCUT2D eigenvalue weighted by Gasteiger charge is 2.10. The smallest absolute Gasteiger partial charge is 0.261 e. The number of anilines is 1. The standard InChI is InChI=1S/C16H16N4O2S2/c1-9-4-5-13-12(6-9)14(22)20(3)16(19-13)24-8-11-7-23-15(18-11)17-10(2)21/h4-7H,8H2,1-3H3,(H,17,18,21). The fraction of sp³-hybridized carbons (Fsp3) is 0.250. The van der Waals surface area contributed by atoms with Crippen molar-refractivity contribution in [2.45, 2.75) is 24.8 Å². The highest BCUT2D eigenvalue weighted by Crippen LogP contribution is 2.24. The molecular formula is C16H16N4O2S2. The van der Waals surface area contributed by atoms with Gasteiger partial charge in [-0.3, -0.25) is 14.2 Å². The molecule has 0 unspecified atom stereocenters. The van der Waals surface area contributed by atoms with Gasteiger partial charge in [-0.25, -0.2) is 9.97 Å². The fourth-order valence-corrected chi connectivity index (χ4v) is 3.94. The van der Waals surface area contributed by atoms with Gasteiger partial charge >= 0.3 is 0 Å². The van der Waals surface area contributed by atoms with Crippen molar-refractivity contribution in [1.29, 1.82) is 0 Å². The first-order chi connectivity index (χ1) is 11.4. The van der Waals surface area contributed by atoms with E-state index in [0.29, 0.717) is 26.9 Å². The molecule has 1 N–H and O–H groups in total.